The molecule has 0 amide bonds. The van der Waals surface area contributed by atoms with Crippen molar-refractivity contribution in [2.75, 3.05) is 18.9 Å². The molecule has 0 spiro atoms. The summed E-state index contributed by atoms with van der Waals surface area (Å²) in [5.74, 6) is -2.80. The summed E-state index contributed by atoms with van der Waals surface area (Å²) in [4.78, 5) is 11.3. The number of ether oxygens (including phenoxy) is 1. The van der Waals surface area contributed by atoms with Crippen LogP contribution in [0, 0.1) is 11.6 Å². The van der Waals surface area contributed by atoms with Gasteiger partial charge in [-0.05, 0) is 6.07 Å². The van der Waals surface area contributed by atoms with Crippen LogP contribution in [0.2, 0.25) is 0 Å². The second kappa shape index (κ2) is 5.41. The predicted octanol–water partition coefficient (Wildman–Crippen LogP) is 1.09. The predicted molar refractivity (Wildman–Crippen MR) is 52.8 cm³/mol. The highest BCUT2D eigenvalue weighted by Crippen LogP contribution is 2.17. The van der Waals surface area contributed by atoms with Gasteiger partial charge in [-0.25, -0.2) is 13.6 Å². The lowest BCUT2D eigenvalue weighted by Gasteiger charge is -2.05. The number of esters is 1. The molecule has 0 saturated heterocycles. The van der Waals surface area contributed by atoms with Gasteiger partial charge < -0.3 is 15.6 Å². The van der Waals surface area contributed by atoms with Gasteiger partial charge in [-0.1, -0.05) is 0 Å². The van der Waals surface area contributed by atoms with E-state index in [2.05, 4.69) is 4.74 Å². The van der Waals surface area contributed by atoms with E-state index in [4.69, 9.17) is 10.8 Å². The number of carbonyl (C=O) groups is 1. The standard InChI is InChI=1S/C10H11F2NO3/c11-7-5-9(13)8(12)4-6(7)10(15)16-3-1-2-14/h4-5,14H,1-3,13H2. The largest absolute Gasteiger partial charge is 0.462 e. The van der Waals surface area contributed by atoms with Crippen molar-refractivity contribution in [1.29, 1.82) is 0 Å². The lowest BCUT2D eigenvalue weighted by atomic mass is 10.2. The van der Waals surface area contributed by atoms with Crippen LogP contribution in [-0.4, -0.2) is 24.3 Å². The molecule has 1 aromatic carbocycles. The molecule has 0 aliphatic carbocycles. The second-order valence-electron chi connectivity index (χ2n) is 3.07. The molecule has 1 aromatic rings. The van der Waals surface area contributed by atoms with Crippen LogP contribution in [0.1, 0.15) is 16.8 Å². The average Bonchev–Trinajstić information content (AvgIpc) is 2.23. The molecule has 6 heteroatoms. The first-order valence-electron chi connectivity index (χ1n) is 4.58. The maximum atomic E-state index is 13.2. The van der Waals surface area contributed by atoms with Crippen LogP contribution in [0.25, 0.3) is 0 Å². The maximum absolute atomic E-state index is 13.2. The molecule has 0 atom stereocenters. The number of anilines is 1. The fourth-order valence-electron chi connectivity index (χ4n) is 1.03. The zero-order valence-corrected chi connectivity index (χ0v) is 8.37. The Morgan fingerprint density at radius 2 is 2.06 bits per heavy atom. The van der Waals surface area contributed by atoms with Gasteiger partial charge in [-0.15, -0.1) is 0 Å². The molecule has 0 aliphatic heterocycles. The molecule has 0 fully saturated rings. The molecular formula is C10H11F2NO3. The van der Waals surface area contributed by atoms with Crippen molar-refractivity contribution in [3.63, 3.8) is 0 Å². The number of carbonyl (C=O) groups excluding carboxylic acids is 1. The first kappa shape index (κ1) is 12.4. The zero-order chi connectivity index (χ0) is 12.1. The Balaban J connectivity index is 2.79. The molecule has 4 nitrogen and oxygen atoms in total. The normalized spacial score (nSPS) is 10.2. The second-order valence-corrected chi connectivity index (χ2v) is 3.07. The first-order valence-corrected chi connectivity index (χ1v) is 4.58. The van der Waals surface area contributed by atoms with Crippen molar-refractivity contribution in [1.82, 2.24) is 0 Å². The summed E-state index contributed by atoms with van der Waals surface area (Å²) >= 11 is 0. The number of aliphatic hydroxyl groups is 1. The minimum Gasteiger partial charge on any atom is -0.462 e. The summed E-state index contributed by atoms with van der Waals surface area (Å²) in [6.45, 7) is -0.202. The number of aliphatic hydroxyl groups excluding tert-OH is 1. The SMILES string of the molecule is Nc1cc(F)c(C(=O)OCCCO)cc1F. The Hall–Kier alpha value is -1.69. The average molecular weight is 231 g/mol. The van der Waals surface area contributed by atoms with Gasteiger partial charge in [0.2, 0.25) is 0 Å². The number of benzene rings is 1. The maximum Gasteiger partial charge on any atom is 0.341 e. The molecule has 88 valence electrons. The van der Waals surface area contributed by atoms with Crippen molar-refractivity contribution >= 4 is 11.7 Å². The number of hydrogen-bond donors (Lipinski definition) is 2. The van der Waals surface area contributed by atoms with Crippen LogP contribution in [0.3, 0.4) is 0 Å². The molecule has 0 saturated carbocycles. The van der Waals surface area contributed by atoms with Gasteiger partial charge in [0, 0.05) is 19.1 Å². The van der Waals surface area contributed by atoms with Crippen molar-refractivity contribution in [3.05, 3.63) is 29.3 Å². The molecule has 0 heterocycles. The van der Waals surface area contributed by atoms with Crippen LogP contribution in [0.4, 0.5) is 14.5 Å². The summed E-state index contributed by atoms with van der Waals surface area (Å²) < 4.78 is 30.8. The molecule has 0 aromatic heterocycles. The van der Waals surface area contributed by atoms with Gasteiger partial charge in [0.15, 0.2) is 0 Å². The lowest BCUT2D eigenvalue weighted by molar-refractivity contribution is 0.0476. The summed E-state index contributed by atoms with van der Waals surface area (Å²) in [6, 6.07) is 1.41. The Kier molecular flexibility index (Phi) is 4.19. The van der Waals surface area contributed by atoms with E-state index in [-0.39, 0.29) is 25.3 Å². The summed E-state index contributed by atoms with van der Waals surface area (Å²) in [5, 5.41) is 8.44. The van der Waals surface area contributed by atoms with E-state index in [1.807, 2.05) is 0 Å². The molecule has 0 aliphatic rings. The minimum absolute atomic E-state index is 0.0548. The fraction of sp³-hybridized carbons (Fsp3) is 0.300. The Morgan fingerprint density at radius 3 is 2.69 bits per heavy atom. The van der Waals surface area contributed by atoms with Crippen LogP contribution >= 0.6 is 0 Å². The van der Waals surface area contributed by atoms with Crippen molar-refractivity contribution in [2.45, 2.75) is 6.42 Å². The molecule has 3 N–H and O–H groups in total. The van der Waals surface area contributed by atoms with E-state index in [0.717, 1.165) is 6.07 Å². The van der Waals surface area contributed by atoms with E-state index < -0.39 is 23.2 Å². The van der Waals surface area contributed by atoms with Crippen LogP contribution < -0.4 is 5.73 Å². The lowest BCUT2D eigenvalue weighted by Crippen LogP contribution is -2.10. The first-order chi connectivity index (χ1) is 7.56. The fourth-order valence-corrected chi connectivity index (χ4v) is 1.03. The monoisotopic (exact) mass is 231 g/mol. The van der Waals surface area contributed by atoms with Crippen LogP contribution in [0.15, 0.2) is 12.1 Å². The quantitative estimate of drug-likeness (QED) is 0.462. The number of halogens is 2. The van der Waals surface area contributed by atoms with E-state index in [1.54, 1.807) is 0 Å². The number of rotatable bonds is 4. The highest BCUT2D eigenvalue weighted by Gasteiger charge is 2.16. The van der Waals surface area contributed by atoms with E-state index in [1.165, 1.54) is 0 Å². The van der Waals surface area contributed by atoms with E-state index >= 15 is 0 Å². The third-order valence-corrected chi connectivity index (χ3v) is 1.84. The molecule has 0 radical (unpaired) electrons. The summed E-state index contributed by atoms with van der Waals surface area (Å²) in [7, 11) is 0. The van der Waals surface area contributed by atoms with Gasteiger partial charge in [0.1, 0.15) is 11.6 Å². The topological polar surface area (TPSA) is 72.6 Å². The minimum atomic E-state index is -0.982. The van der Waals surface area contributed by atoms with Crippen molar-refractivity contribution in [3.8, 4) is 0 Å². The number of nitrogens with two attached hydrogens (primary N) is 1. The summed E-state index contributed by atoms with van der Waals surface area (Å²) in [5.41, 5.74) is 4.23. The van der Waals surface area contributed by atoms with Gasteiger partial charge >= 0.3 is 5.97 Å². The number of nitrogen functional groups attached to an aromatic ring is 1. The molecule has 1 rings (SSSR count). The smallest absolute Gasteiger partial charge is 0.341 e. The van der Waals surface area contributed by atoms with E-state index in [0.29, 0.717) is 6.07 Å². The van der Waals surface area contributed by atoms with Gasteiger partial charge in [-0.2, -0.15) is 0 Å². The highest BCUT2D eigenvalue weighted by molar-refractivity contribution is 5.90. The zero-order valence-electron chi connectivity index (χ0n) is 8.37. The van der Waals surface area contributed by atoms with Crippen LogP contribution in [0.5, 0.6) is 0 Å². The van der Waals surface area contributed by atoms with Gasteiger partial charge in [-0.3, -0.25) is 0 Å². The Labute approximate surface area is 90.6 Å². The molecule has 0 unspecified atom stereocenters. The van der Waals surface area contributed by atoms with Crippen LogP contribution in [-0.2, 0) is 4.74 Å². The van der Waals surface area contributed by atoms with Gasteiger partial charge in [0.25, 0.3) is 0 Å². The highest BCUT2D eigenvalue weighted by atomic mass is 19.1. The Morgan fingerprint density at radius 1 is 1.38 bits per heavy atom. The van der Waals surface area contributed by atoms with Crippen molar-refractivity contribution < 1.29 is 23.4 Å². The molecule has 0 bridgehead atoms. The summed E-state index contributed by atoms with van der Waals surface area (Å²) in [6.07, 6.45) is 0.241. The third-order valence-electron chi connectivity index (χ3n) is 1.84. The van der Waals surface area contributed by atoms with Crippen molar-refractivity contribution in [2.24, 2.45) is 0 Å². The third kappa shape index (κ3) is 2.90. The Bertz CT molecular complexity index is 396. The molecule has 16 heavy (non-hydrogen) atoms. The molecular weight excluding hydrogens is 220 g/mol. The van der Waals surface area contributed by atoms with Gasteiger partial charge in [0.05, 0.1) is 17.9 Å². The number of hydrogen-bond acceptors (Lipinski definition) is 4. The van der Waals surface area contributed by atoms with E-state index in [9.17, 15) is 13.6 Å².